The van der Waals surface area contributed by atoms with E-state index in [4.69, 9.17) is 0 Å². The Labute approximate surface area is 114 Å². The van der Waals surface area contributed by atoms with E-state index in [2.05, 4.69) is 41.9 Å². The van der Waals surface area contributed by atoms with Gasteiger partial charge in [-0.3, -0.25) is 4.98 Å². The minimum Gasteiger partial charge on any atom is -0.387 e. The van der Waals surface area contributed by atoms with Gasteiger partial charge in [0.05, 0.1) is 23.7 Å². The topological polar surface area (TPSA) is 36.4 Å². The van der Waals surface area contributed by atoms with Gasteiger partial charge < -0.3 is 10.0 Å². The summed E-state index contributed by atoms with van der Waals surface area (Å²) in [6.45, 7) is 5.91. The molecule has 1 atom stereocenters. The van der Waals surface area contributed by atoms with Crippen molar-refractivity contribution in [2.75, 3.05) is 11.9 Å². The maximum absolute atomic E-state index is 9.47. The van der Waals surface area contributed by atoms with Crippen molar-refractivity contribution in [2.45, 2.75) is 26.9 Å². The molecule has 0 aliphatic carbocycles. The van der Waals surface area contributed by atoms with Gasteiger partial charge in [-0.1, -0.05) is 6.07 Å². The molecule has 100 valence electrons. The van der Waals surface area contributed by atoms with Crippen LogP contribution in [0.25, 0.3) is 0 Å². The molecule has 0 aliphatic rings. The van der Waals surface area contributed by atoms with Crippen LogP contribution in [0.15, 0.2) is 36.5 Å². The second-order valence-corrected chi connectivity index (χ2v) is 5.02. The third-order valence-electron chi connectivity index (χ3n) is 3.18. The third-order valence-corrected chi connectivity index (χ3v) is 3.18. The summed E-state index contributed by atoms with van der Waals surface area (Å²) in [5, 5.41) is 9.47. The summed E-state index contributed by atoms with van der Waals surface area (Å²) in [4.78, 5) is 6.37. The number of aliphatic hydroxyl groups is 1. The van der Waals surface area contributed by atoms with Crippen LogP contribution in [0.5, 0.6) is 0 Å². The number of aryl methyl sites for hydroxylation is 2. The molecule has 1 heterocycles. The lowest BCUT2D eigenvalue weighted by atomic mass is 10.1. The van der Waals surface area contributed by atoms with E-state index in [-0.39, 0.29) is 0 Å². The second kappa shape index (κ2) is 5.41. The zero-order chi connectivity index (χ0) is 14.0. The number of benzene rings is 1. The number of hydrogen-bond donors (Lipinski definition) is 1. The Bertz CT molecular complexity index is 541. The molecule has 0 radical (unpaired) electrons. The van der Waals surface area contributed by atoms with Crippen molar-refractivity contribution in [1.82, 2.24) is 4.98 Å². The molecule has 2 rings (SSSR count). The van der Waals surface area contributed by atoms with Gasteiger partial charge in [-0.15, -0.1) is 0 Å². The molecule has 2 aromatic rings. The van der Waals surface area contributed by atoms with Crippen LogP contribution in [0.2, 0.25) is 0 Å². The van der Waals surface area contributed by atoms with E-state index in [9.17, 15) is 5.11 Å². The van der Waals surface area contributed by atoms with Crippen LogP contribution >= 0.6 is 0 Å². The van der Waals surface area contributed by atoms with Crippen LogP contribution in [0.4, 0.5) is 11.4 Å². The van der Waals surface area contributed by atoms with Crippen molar-refractivity contribution in [3.63, 3.8) is 0 Å². The van der Waals surface area contributed by atoms with Gasteiger partial charge in [-0.05, 0) is 56.2 Å². The lowest BCUT2D eigenvalue weighted by Crippen LogP contribution is -2.10. The van der Waals surface area contributed by atoms with Crippen LogP contribution in [0, 0.1) is 13.8 Å². The van der Waals surface area contributed by atoms with Crippen molar-refractivity contribution < 1.29 is 5.11 Å². The number of anilines is 2. The summed E-state index contributed by atoms with van der Waals surface area (Å²) in [5.74, 6) is 0. The molecule has 1 N–H and O–H groups in total. The molecule has 3 heteroatoms. The van der Waals surface area contributed by atoms with Crippen molar-refractivity contribution >= 4 is 11.4 Å². The lowest BCUT2D eigenvalue weighted by molar-refractivity contribution is 0.194. The van der Waals surface area contributed by atoms with Crippen LogP contribution in [0.3, 0.4) is 0 Å². The molecule has 19 heavy (non-hydrogen) atoms. The van der Waals surface area contributed by atoms with Crippen LogP contribution in [0.1, 0.15) is 29.8 Å². The highest BCUT2D eigenvalue weighted by Gasteiger charge is 2.07. The fourth-order valence-electron chi connectivity index (χ4n) is 2.14. The fourth-order valence-corrected chi connectivity index (χ4v) is 2.14. The van der Waals surface area contributed by atoms with E-state index >= 15 is 0 Å². The summed E-state index contributed by atoms with van der Waals surface area (Å²) in [6, 6.07) is 10.3. The summed E-state index contributed by atoms with van der Waals surface area (Å²) >= 11 is 0. The molecule has 1 unspecified atom stereocenters. The molecule has 3 nitrogen and oxygen atoms in total. The molecular weight excluding hydrogens is 236 g/mol. The summed E-state index contributed by atoms with van der Waals surface area (Å²) in [5.41, 5.74) is 5.34. The van der Waals surface area contributed by atoms with E-state index in [0.29, 0.717) is 5.69 Å². The Morgan fingerprint density at radius 2 is 1.68 bits per heavy atom. The Morgan fingerprint density at radius 3 is 2.16 bits per heavy atom. The highest BCUT2D eigenvalue weighted by molar-refractivity contribution is 5.63. The third kappa shape index (κ3) is 3.12. The van der Waals surface area contributed by atoms with E-state index < -0.39 is 6.10 Å². The smallest absolute Gasteiger partial charge is 0.0931 e. The number of hydrogen-bond acceptors (Lipinski definition) is 3. The average molecular weight is 256 g/mol. The number of pyridine rings is 1. The van der Waals surface area contributed by atoms with E-state index in [1.165, 1.54) is 11.1 Å². The zero-order valence-electron chi connectivity index (χ0n) is 11.9. The van der Waals surface area contributed by atoms with Gasteiger partial charge in [0, 0.05) is 12.7 Å². The van der Waals surface area contributed by atoms with Gasteiger partial charge in [0.15, 0.2) is 0 Å². The van der Waals surface area contributed by atoms with Crippen LogP contribution < -0.4 is 4.90 Å². The van der Waals surface area contributed by atoms with Crippen LogP contribution in [-0.2, 0) is 0 Å². The van der Waals surface area contributed by atoms with E-state index in [1.807, 2.05) is 19.2 Å². The first-order valence-corrected chi connectivity index (χ1v) is 6.43. The van der Waals surface area contributed by atoms with Crippen molar-refractivity contribution in [2.24, 2.45) is 0 Å². The SMILES string of the molecule is Cc1cc(C)cc(N(C)c2ccc(C(C)O)nc2)c1. The number of nitrogens with zero attached hydrogens (tertiary/aromatic N) is 2. The predicted molar refractivity (Wildman–Crippen MR) is 78.8 cm³/mol. The Morgan fingerprint density at radius 1 is 1.05 bits per heavy atom. The van der Waals surface area contributed by atoms with Gasteiger partial charge in [0.2, 0.25) is 0 Å². The van der Waals surface area contributed by atoms with E-state index in [1.54, 1.807) is 13.1 Å². The Kier molecular flexibility index (Phi) is 3.86. The largest absolute Gasteiger partial charge is 0.387 e. The molecule has 0 saturated carbocycles. The highest BCUT2D eigenvalue weighted by atomic mass is 16.3. The van der Waals surface area contributed by atoms with Crippen LogP contribution in [-0.4, -0.2) is 17.1 Å². The van der Waals surface area contributed by atoms with E-state index in [0.717, 1.165) is 11.4 Å². The molecule has 0 saturated heterocycles. The van der Waals surface area contributed by atoms with Crippen molar-refractivity contribution in [3.8, 4) is 0 Å². The highest BCUT2D eigenvalue weighted by Crippen LogP contribution is 2.25. The number of aromatic nitrogens is 1. The molecule has 1 aromatic heterocycles. The summed E-state index contributed by atoms with van der Waals surface area (Å²) in [7, 11) is 2.02. The Balaban J connectivity index is 2.30. The molecule has 0 amide bonds. The minimum atomic E-state index is -0.527. The van der Waals surface area contributed by atoms with Gasteiger partial charge in [-0.25, -0.2) is 0 Å². The van der Waals surface area contributed by atoms with Gasteiger partial charge in [-0.2, -0.15) is 0 Å². The molecule has 0 spiro atoms. The van der Waals surface area contributed by atoms with Gasteiger partial charge in [0.1, 0.15) is 0 Å². The standard InChI is InChI=1S/C16H20N2O/c1-11-7-12(2)9-15(8-11)18(4)14-5-6-16(13(3)19)17-10-14/h5-10,13,19H,1-4H3. The first kappa shape index (κ1) is 13.6. The zero-order valence-corrected chi connectivity index (χ0v) is 11.9. The minimum absolute atomic E-state index is 0.527. The molecule has 0 aliphatic heterocycles. The van der Waals surface area contributed by atoms with Gasteiger partial charge in [0.25, 0.3) is 0 Å². The second-order valence-electron chi connectivity index (χ2n) is 5.02. The van der Waals surface area contributed by atoms with Crippen molar-refractivity contribution in [1.29, 1.82) is 0 Å². The average Bonchev–Trinajstić information content (AvgIpc) is 2.37. The maximum Gasteiger partial charge on any atom is 0.0931 e. The summed E-state index contributed by atoms with van der Waals surface area (Å²) in [6.07, 6.45) is 1.26. The normalized spacial score (nSPS) is 12.3. The predicted octanol–water partition coefficient (Wildman–Crippen LogP) is 3.52. The van der Waals surface area contributed by atoms with Crippen molar-refractivity contribution in [3.05, 3.63) is 53.3 Å². The first-order valence-electron chi connectivity index (χ1n) is 6.43. The molecule has 0 bridgehead atoms. The first-order chi connectivity index (χ1) is 8.97. The number of aliphatic hydroxyl groups excluding tert-OH is 1. The van der Waals surface area contributed by atoms with Gasteiger partial charge >= 0.3 is 0 Å². The molecular formula is C16H20N2O. The number of rotatable bonds is 3. The molecule has 0 fully saturated rings. The molecule has 1 aromatic carbocycles. The Hall–Kier alpha value is -1.87. The quantitative estimate of drug-likeness (QED) is 0.912. The lowest BCUT2D eigenvalue weighted by Gasteiger charge is -2.20. The maximum atomic E-state index is 9.47. The fraction of sp³-hybridized carbons (Fsp3) is 0.312. The monoisotopic (exact) mass is 256 g/mol. The summed E-state index contributed by atoms with van der Waals surface area (Å²) < 4.78 is 0.